The lowest BCUT2D eigenvalue weighted by Crippen LogP contribution is -2.13. The van der Waals surface area contributed by atoms with Crippen molar-refractivity contribution in [1.82, 2.24) is 4.98 Å². The summed E-state index contributed by atoms with van der Waals surface area (Å²) in [5, 5.41) is 0.0275. The highest BCUT2D eigenvalue weighted by molar-refractivity contribution is 9.08. The molecule has 1 aromatic heterocycles. The summed E-state index contributed by atoms with van der Waals surface area (Å²) in [5.74, 6) is -2.37. The van der Waals surface area contributed by atoms with E-state index in [2.05, 4.69) is 25.7 Å². The van der Waals surface area contributed by atoms with Crippen LogP contribution in [0.3, 0.4) is 0 Å². The largest absolute Gasteiger partial charge is 0.461 e. The van der Waals surface area contributed by atoms with Gasteiger partial charge in [0.15, 0.2) is 11.5 Å². The highest BCUT2D eigenvalue weighted by Gasteiger charge is 2.25. The summed E-state index contributed by atoms with van der Waals surface area (Å²) >= 11 is 2.95. The van der Waals surface area contributed by atoms with Crippen LogP contribution in [0.5, 0.6) is 0 Å². The van der Waals surface area contributed by atoms with Crippen LogP contribution in [-0.4, -0.2) is 17.6 Å². The van der Waals surface area contributed by atoms with E-state index in [1.165, 1.54) is 6.92 Å². The number of carbonyl (C=O) groups is 1. The Kier molecular flexibility index (Phi) is 4.92. The number of nitrogens with zero attached hydrogens (tertiary/aromatic N) is 1. The highest BCUT2D eigenvalue weighted by Crippen LogP contribution is 2.28. The van der Waals surface area contributed by atoms with E-state index < -0.39 is 29.5 Å². The van der Waals surface area contributed by atoms with Gasteiger partial charge in [-0.05, 0) is 12.5 Å². The van der Waals surface area contributed by atoms with Crippen molar-refractivity contribution < 1.29 is 22.7 Å². The van der Waals surface area contributed by atoms with Gasteiger partial charge in [-0.3, -0.25) is 0 Å². The second kappa shape index (κ2) is 6.00. The number of ether oxygens (including phenoxy) is 1. The zero-order valence-electron chi connectivity index (χ0n) is 8.84. The summed E-state index contributed by atoms with van der Waals surface area (Å²) in [6.45, 7) is 1.54. The summed E-state index contributed by atoms with van der Waals surface area (Å²) in [6, 6.07) is 0. The maximum Gasteiger partial charge on any atom is 0.360 e. The normalized spacial score (nSPS) is 10.7. The summed E-state index contributed by atoms with van der Waals surface area (Å²) in [5.41, 5.74) is -1.53. The Labute approximate surface area is 104 Å². The van der Waals surface area contributed by atoms with Gasteiger partial charge in [0, 0.05) is 11.5 Å². The third-order valence-corrected chi connectivity index (χ3v) is 2.57. The molecule has 1 heterocycles. The topological polar surface area (TPSA) is 39.2 Å². The zero-order valence-corrected chi connectivity index (χ0v) is 10.4. The number of rotatable bonds is 4. The van der Waals surface area contributed by atoms with Crippen LogP contribution in [0.15, 0.2) is 6.20 Å². The molecule has 0 amide bonds. The fourth-order valence-electron chi connectivity index (χ4n) is 1.22. The Morgan fingerprint density at radius 1 is 1.59 bits per heavy atom. The number of pyridine rings is 1. The Balaban J connectivity index is 3.27. The number of aromatic nitrogens is 1. The van der Waals surface area contributed by atoms with E-state index in [0.29, 0.717) is 0 Å². The smallest absolute Gasteiger partial charge is 0.360 e. The lowest BCUT2D eigenvalue weighted by Gasteiger charge is -2.10. The molecule has 0 aliphatic heterocycles. The minimum atomic E-state index is -3.02. The minimum absolute atomic E-state index is 0.00514. The van der Waals surface area contributed by atoms with E-state index in [1.807, 2.05) is 0 Å². The highest BCUT2D eigenvalue weighted by atomic mass is 79.9. The number of hydrogen-bond donors (Lipinski definition) is 0. The van der Waals surface area contributed by atoms with Crippen LogP contribution in [-0.2, 0) is 10.1 Å². The van der Waals surface area contributed by atoms with E-state index in [4.69, 9.17) is 0 Å². The van der Waals surface area contributed by atoms with E-state index >= 15 is 0 Å². The van der Waals surface area contributed by atoms with Crippen LogP contribution in [0, 0.1) is 5.82 Å². The zero-order chi connectivity index (χ0) is 13.0. The van der Waals surface area contributed by atoms with Gasteiger partial charge in [0.25, 0.3) is 6.43 Å². The first-order valence-electron chi connectivity index (χ1n) is 4.71. The maximum atomic E-state index is 13.7. The number of halogens is 4. The molecule has 0 aromatic carbocycles. The van der Waals surface area contributed by atoms with Crippen molar-refractivity contribution in [3.8, 4) is 0 Å². The average molecular weight is 312 g/mol. The van der Waals surface area contributed by atoms with E-state index in [9.17, 15) is 18.0 Å². The molecule has 0 fully saturated rings. The molecule has 0 unspecified atom stereocenters. The summed E-state index contributed by atoms with van der Waals surface area (Å²) in [4.78, 5) is 14.8. The standard InChI is InChI=1S/C10H9BrF3NO2/c1-2-17-10(16)8-7(12)6(9(13)14)5(3-11)4-15-8/h4,9H,2-3H2,1H3. The SMILES string of the molecule is CCOC(=O)c1ncc(CBr)c(C(F)F)c1F. The van der Waals surface area contributed by atoms with Gasteiger partial charge in [0.05, 0.1) is 12.2 Å². The first-order valence-corrected chi connectivity index (χ1v) is 5.83. The molecular formula is C10H9BrF3NO2. The van der Waals surface area contributed by atoms with Gasteiger partial charge in [-0.15, -0.1) is 0 Å². The Morgan fingerprint density at radius 3 is 2.71 bits per heavy atom. The van der Waals surface area contributed by atoms with Crippen molar-refractivity contribution in [1.29, 1.82) is 0 Å². The molecule has 3 nitrogen and oxygen atoms in total. The van der Waals surface area contributed by atoms with Gasteiger partial charge >= 0.3 is 5.97 Å². The van der Waals surface area contributed by atoms with E-state index in [-0.39, 0.29) is 17.5 Å². The molecule has 0 aliphatic rings. The van der Waals surface area contributed by atoms with Crippen molar-refractivity contribution in [3.05, 3.63) is 28.8 Å². The predicted octanol–water partition coefficient (Wildman–Crippen LogP) is 3.23. The monoisotopic (exact) mass is 311 g/mol. The van der Waals surface area contributed by atoms with E-state index in [0.717, 1.165) is 6.20 Å². The summed E-state index contributed by atoms with van der Waals surface area (Å²) in [6.07, 6.45) is -1.98. The first-order chi connectivity index (χ1) is 8.02. The molecule has 0 spiro atoms. The van der Waals surface area contributed by atoms with Crippen LogP contribution in [0.25, 0.3) is 0 Å². The number of alkyl halides is 3. The van der Waals surface area contributed by atoms with Crippen LogP contribution >= 0.6 is 15.9 Å². The predicted molar refractivity (Wildman–Crippen MR) is 57.7 cm³/mol. The Bertz CT molecular complexity index is 426. The molecule has 0 radical (unpaired) electrons. The summed E-state index contributed by atoms with van der Waals surface area (Å²) < 4.78 is 43.5. The van der Waals surface area contributed by atoms with Gasteiger partial charge in [-0.25, -0.2) is 22.9 Å². The number of esters is 1. The fraction of sp³-hybridized carbons (Fsp3) is 0.400. The molecule has 1 rings (SSSR count). The van der Waals surface area contributed by atoms with Crippen LogP contribution in [0.1, 0.15) is 35.0 Å². The van der Waals surface area contributed by atoms with Crippen molar-refractivity contribution in [3.63, 3.8) is 0 Å². The summed E-state index contributed by atoms with van der Waals surface area (Å²) in [7, 11) is 0. The fourth-order valence-corrected chi connectivity index (χ4v) is 1.67. The molecule has 94 valence electrons. The van der Waals surface area contributed by atoms with Crippen molar-refractivity contribution in [2.24, 2.45) is 0 Å². The molecule has 17 heavy (non-hydrogen) atoms. The molecule has 7 heteroatoms. The third-order valence-electron chi connectivity index (χ3n) is 1.97. The molecule has 0 saturated carbocycles. The second-order valence-corrected chi connectivity index (χ2v) is 3.58. The third kappa shape index (κ3) is 2.96. The number of hydrogen-bond acceptors (Lipinski definition) is 3. The van der Waals surface area contributed by atoms with Gasteiger partial charge < -0.3 is 4.74 Å². The van der Waals surface area contributed by atoms with Gasteiger partial charge in [0.2, 0.25) is 0 Å². The maximum absolute atomic E-state index is 13.7. The molecule has 0 bridgehead atoms. The molecule has 0 N–H and O–H groups in total. The van der Waals surface area contributed by atoms with Crippen LogP contribution in [0.4, 0.5) is 13.2 Å². The van der Waals surface area contributed by atoms with Crippen LogP contribution in [0.2, 0.25) is 0 Å². The lowest BCUT2D eigenvalue weighted by molar-refractivity contribution is 0.0512. The molecule has 0 aliphatic carbocycles. The molecule has 1 aromatic rings. The average Bonchev–Trinajstić information content (AvgIpc) is 2.27. The Morgan fingerprint density at radius 2 is 2.24 bits per heavy atom. The quantitative estimate of drug-likeness (QED) is 0.633. The van der Waals surface area contributed by atoms with Gasteiger partial charge in [0.1, 0.15) is 0 Å². The van der Waals surface area contributed by atoms with Crippen molar-refractivity contribution >= 4 is 21.9 Å². The minimum Gasteiger partial charge on any atom is -0.461 e. The first kappa shape index (κ1) is 14.0. The van der Waals surface area contributed by atoms with Gasteiger partial charge in [-0.1, -0.05) is 15.9 Å². The second-order valence-electron chi connectivity index (χ2n) is 3.01. The molecular weight excluding hydrogens is 303 g/mol. The molecule has 0 saturated heterocycles. The van der Waals surface area contributed by atoms with Crippen molar-refractivity contribution in [2.75, 3.05) is 6.61 Å². The Hall–Kier alpha value is -1.11. The number of carbonyl (C=O) groups excluding carboxylic acids is 1. The lowest BCUT2D eigenvalue weighted by atomic mass is 10.1. The van der Waals surface area contributed by atoms with Gasteiger partial charge in [-0.2, -0.15) is 0 Å². The van der Waals surface area contributed by atoms with E-state index in [1.54, 1.807) is 0 Å². The van der Waals surface area contributed by atoms with Crippen molar-refractivity contribution in [2.45, 2.75) is 18.7 Å². The van der Waals surface area contributed by atoms with Crippen LogP contribution < -0.4 is 0 Å². The molecule has 0 atom stereocenters.